The lowest BCUT2D eigenvalue weighted by Crippen LogP contribution is -2.46. The first kappa shape index (κ1) is 18.9. The van der Waals surface area contributed by atoms with E-state index in [1.54, 1.807) is 0 Å². The molecule has 0 radical (unpaired) electrons. The van der Waals surface area contributed by atoms with Crippen LogP contribution >= 0.6 is 0 Å². The van der Waals surface area contributed by atoms with Gasteiger partial charge in [-0.1, -0.05) is 6.92 Å². The van der Waals surface area contributed by atoms with Crippen LogP contribution in [0.1, 0.15) is 59.8 Å². The van der Waals surface area contributed by atoms with E-state index in [9.17, 15) is 4.79 Å². The quantitative estimate of drug-likeness (QED) is 0.621. The molecule has 0 spiro atoms. The molecule has 0 aliphatic carbocycles. The van der Waals surface area contributed by atoms with Crippen LogP contribution in [-0.2, 0) is 4.74 Å². The Balaban J connectivity index is 1.82. The van der Waals surface area contributed by atoms with Crippen molar-refractivity contribution in [2.45, 2.75) is 65.4 Å². The second-order valence-electron chi connectivity index (χ2n) is 8.50. The minimum Gasteiger partial charge on any atom is -0.444 e. The Morgan fingerprint density at radius 1 is 1.08 bits per heavy atom. The second-order valence-corrected chi connectivity index (χ2v) is 8.50. The van der Waals surface area contributed by atoms with Crippen molar-refractivity contribution < 1.29 is 9.53 Å². The largest absolute Gasteiger partial charge is 0.444 e. The highest BCUT2D eigenvalue weighted by Crippen LogP contribution is 2.32. The van der Waals surface area contributed by atoms with E-state index in [4.69, 9.17) is 10.5 Å². The summed E-state index contributed by atoms with van der Waals surface area (Å²) in [6.07, 6.45) is 5.37. The van der Waals surface area contributed by atoms with Gasteiger partial charge in [-0.2, -0.15) is 0 Å². The maximum atomic E-state index is 12.1. The lowest BCUT2D eigenvalue weighted by atomic mass is 9.80. The highest BCUT2D eigenvalue weighted by Gasteiger charge is 2.33. The summed E-state index contributed by atoms with van der Waals surface area (Å²) >= 11 is 0. The number of carbonyl (C=O) groups is 1. The van der Waals surface area contributed by atoms with E-state index in [-0.39, 0.29) is 11.5 Å². The fourth-order valence-electron chi connectivity index (χ4n) is 3.21. The van der Waals surface area contributed by atoms with Crippen LogP contribution in [0.2, 0.25) is 0 Å². The Morgan fingerprint density at radius 2 is 1.67 bits per heavy atom. The zero-order valence-corrected chi connectivity index (χ0v) is 15.8. The van der Waals surface area contributed by atoms with Gasteiger partial charge in [0.1, 0.15) is 5.60 Å². The minimum absolute atomic E-state index is 0.110. The van der Waals surface area contributed by atoms with Crippen LogP contribution in [0.3, 0.4) is 0 Å². The van der Waals surface area contributed by atoms with Gasteiger partial charge < -0.3 is 20.3 Å². The monoisotopic (exact) mass is 338 g/mol. The Kier molecular flexibility index (Phi) is 5.99. The van der Waals surface area contributed by atoms with Crippen molar-refractivity contribution in [3.63, 3.8) is 0 Å². The third-order valence-electron chi connectivity index (χ3n) is 4.93. The van der Waals surface area contributed by atoms with E-state index in [1.807, 2.05) is 25.7 Å². The Bertz CT molecular complexity index is 456. The molecule has 2 aliphatic rings. The number of carbonyl (C=O) groups excluding carboxylic acids is 1. The number of piperidine rings is 2. The number of guanidine groups is 1. The van der Waals surface area contributed by atoms with Crippen LogP contribution in [0.4, 0.5) is 4.79 Å². The van der Waals surface area contributed by atoms with E-state index < -0.39 is 5.60 Å². The SMILES string of the molecule is CC1(CN=C(N)N2CCCCC2)CCN(C(=O)OC(C)(C)C)CC1. The highest BCUT2D eigenvalue weighted by molar-refractivity contribution is 5.78. The van der Waals surface area contributed by atoms with Gasteiger partial charge in [0, 0.05) is 32.7 Å². The maximum Gasteiger partial charge on any atom is 0.410 e. The summed E-state index contributed by atoms with van der Waals surface area (Å²) < 4.78 is 5.46. The zero-order valence-electron chi connectivity index (χ0n) is 15.8. The standard InChI is InChI=1S/C18H34N4O2/c1-17(2,3)24-16(23)22-12-8-18(4,9-13-22)14-20-15(19)21-10-6-5-7-11-21/h5-14H2,1-4H3,(H2,19,20). The van der Waals surface area contributed by atoms with Crippen LogP contribution in [0.25, 0.3) is 0 Å². The van der Waals surface area contributed by atoms with E-state index >= 15 is 0 Å². The normalized spacial score (nSPS) is 22.4. The molecule has 138 valence electrons. The van der Waals surface area contributed by atoms with Crippen molar-refractivity contribution in [3.8, 4) is 0 Å². The number of hydrogen-bond donors (Lipinski definition) is 1. The third kappa shape index (κ3) is 5.56. The second kappa shape index (κ2) is 7.62. The number of nitrogens with two attached hydrogens (primary N) is 1. The van der Waals surface area contributed by atoms with Gasteiger partial charge in [0.25, 0.3) is 0 Å². The van der Waals surface area contributed by atoms with Crippen LogP contribution in [0, 0.1) is 5.41 Å². The summed E-state index contributed by atoms with van der Waals surface area (Å²) in [5.74, 6) is 0.686. The summed E-state index contributed by atoms with van der Waals surface area (Å²) in [5.41, 5.74) is 5.83. The molecule has 1 amide bonds. The fraction of sp³-hybridized carbons (Fsp3) is 0.889. The molecular formula is C18H34N4O2. The Labute approximate surface area is 146 Å². The summed E-state index contributed by atoms with van der Waals surface area (Å²) in [4.78, 5) is 20.8. The predicted molar refractivity (Wildman–Crippen MR) is 97.1 cm³/mol. The molecule has 2 N–H and O–H groups in total. The molecule has 0 unspecified atom stereocenters. The van der Waals surface area contributed by atoms with E-state index in [1.165, 1.54) is 19.3 Å². The van der Waals surface area contributed by atoms with Crippen LogP contribution < -0.4 is 5.73 Å². The Hall–Kier alpha value is -1.46. The van der Waals surface area contributed by atoms with Crippen molar-refractivity contribution in [2.24, 2.45) is 16.1 Å². The highest BCUT2D eigenvalue weighted by atomic mass is 16.6. The number of likely N-dealkylation sites (tertiary alicyclic amines) is 2. The molecule has 2 fully saturated rings. The number of ether oxygens (including phenoxy) is 1. The maximum absolute atomic E-state index is 12.1. The number of amides is 1. The first-order chi connectivity index (χ1) is 11.2. The molecule has 0 bridgehead atoms. The van der Waals surface area contributed by atoms with Crippen LogP contribution in [0.15, 0.2) is 4.99 Å². The van der Waals surface area contributed by atoms with Crippen molar-refractivity contribution in [1.29, 1.82) is 0 Å². The molecular weight excluding hydrogens is 304 g/mol. The predicted octanol–water partition coefficient (Wildman–Crippen LogP) is 2.82. The van der Waals surface area contributed by atoms with Gasteiger partial charge in [-0.3, -0.25) is 4.99 Å². The summed E-state index contributed by atoms with van der Waals surface area (Å²) in [7, 11) is 0. The van der Waals surface area contributed by atoms with E-state index in [0.29, 0.717) is 5.96 Å². The molecule has 0 aromatic heterocycles. The molecule has 0 saturated carbocycles. The molecule has 24 heavy (non-hydrogen) atoms. The summed E-state index contributed by atoms with van der Waals surface area (Å²) in [6.45, 7) is 12.2. The first-order valence-electron chi connectivity index (χ1n) is 9.21. The number of nitrogens with zero attached hydrogens (tertiary/aromatic N) is 3. The average molecular weight is 338 g/mol. The van der Waals surface area contributed by atoms with Crippen molar-refractivity contribution in [1.82, 2.24) is 9.80 Å². The molecule has 2 rings (SSSR count). The van der Waals surface area contributed by atoms with Crippen molar-refractivity contribution >= 4 is 12.1 Å². The van der Waals surface area contributed by atoms with Gasteiger partial charge >= 0.3 is 6.09 Å². The third-order valence-corrected chi connectivity index (χ3v) is 4.93. The van der Waals surface area contributed by atoms with Crippen molar-refractivity contribution in [3.05, 3.63) is 0 Å². The summed E-state index contributed by atoms with van der Waals surface area (Å²) in [6, 6.07) is 0. The average Bonchev–Trinajstić information content (AvgIpc) is 2.52. The molecule has 0 aromatic carbocycles. The lowest BCUT2D eigenvalue weighted by Gasteiger charge is -2.39. The van der Waals surface area contributed by atoms with E-state index in [2.05, 4.69) is 16.8 Å². The van der Waals surface area contributed by atoms with Crippen LogP contribution in [0.5, 0.6) is 0 Å². The van der Waals surface area contributed by atoms with Gasteiger partial charge in [-0.25, -0.2) is 4.79 Å². The molecule has 6 nitrogen and oxygen atoms in total. The van der Waals surface area contributed by atoms with Crippen LogP contribution in [-0.4, -0.2) is 60.2 Å². The number of aliphatic imine (C=N–C) groups is 1. The summed E-state index contributed by atoms with van der Waals surface area (Å²) in [5, 5.41) is 0. The van der Waals surface area contributed by atoms with Gasteiger partial charge in [0.05, 0.1) is 0 Å². The lowest BCUT2D eigenvalue weighted by molar-refractivity contribution is 0.0127. The van der Waals surface area contributed by atoms with E-state index in [0.717, 1.165) is 45.6 Å². The molecule has 2 heterocycles. The molecule has 0 aromatic rings. The molecule has 0 atom stereocenters. The zero-order chi connectivity index (χ0) is 17.8. The molecule has 2 saturated heterocycles. The van der Waals surface area contributed by atoms with Gasteiger partial charge in [0.15, 0.2) is 5.96 Å². The molecule has 2 aliphatic heterocycles. The Morgan fingerprint density at radius 3 is 2.21 bits per heavy atom. The fourth-order valence-corrected chi connectivity index (χ4v) is 3.21. The topological polar surface area (TPSA) is 71.2 Å². The molecule has 6 heteroatoms. The number of rotatable bonds is 2. The van der Waals surface area contributed by atoms with Gasteiger partial charge in [-0.15, -0.1) is 0 Å². The minimum atomic E-state index is -0.439. The van der Waals surface area contributed by atoms with Gasteiger partial charge in [0.2, 0.25) is 0 Å². The van der Waals surface area contributed by atoms with Gasteiger partial charge in [-0.05, 0) is 58.3 Å². The smallest absolute Gasteiger partial charge is 0.410 e. The number of hydrogen-bond acceptors (Lipinski definition) is 3. The first-order valence-corrected chi connectivity index (χ1v) is 9.21. The van der Waals surface area contributed by atoms with Crippen molar-refractivity contribution in [2.75, 3.05) is 32.7 Å².